The number of carbonyl (C=O) groups is 5. The van der Waals surface area contributed by atoms with E-state index in [0.717, 1.165) is 0 Å². The third kappa shape index (κ3) is 4.63. The third-order valence-electron chi connectivity index (χ3n) is 3.74. The summed E-state index contributed by atoms with van der Waals surface area (Å²) in [5, 5.41) is 45.1. The zero-order chi connectivity index (χ0) is 19.3. The largest absolute Gasteiger partial charge is 0.481 e. The molecule has 0 saturated carbocycles. The predicted molar refractivity (Wildman–Crippen MR) is 74.0 cm³/mol. The topological polar surface area (TPSA) is 239 Å². The van der Waals surface area contributed by atoms with Crippen LogP contribution in [0, 0.1) is 5.41 Å². The van der Waals surface area contributed by atoms with Gasteiger partial charge in [-0.1, -0.05) is 0 Å². The minimum atomic E-state index is -2.93. The van der Waals surface area contributed by atoms with E-state index in [4.69, 9.17) is 31.9 Å². The van der Waals surface area contributed by atoms with Gasteiger partial charge in [0.2, 0.25) is 0 Å². The fourth-order valence-electron chi connectivity index (χ4n) is 2.60. The van der Waals surface area contributed by atoms with Crippen molar-refractivity contribution in [3.63, 3.8) is 0 Å². The highest BCUT2D eigenvalue weighted by molar-refractivity contribution is 5.88. The maximum Gasteiger partial charge on any atom is 0.324 e. The Morgan fingerprint density at radius 1 is 0.750 bits per heavy atom. The summed E-state index contributed by atoms with van der Waals surface area (Å²) < 4.78 is 0. The van der Waals surface area contributed by atoms with Gasteiger partial charge in [0.1, 0.15) is 5.54 Å². The molecule has 0 rings (SSSR count). The molecule has 0 spiro atoms. The lowest BCUT2D eigenvalue weighted by atomic mass is 9.59. The Balaban J connectivity index is 6.52. The van der Waals surface area contributed by atoms with E-state index in [-0.39, 0.29) is 0 Å². The van der Waals surface area contributed by atoms with Gasteiger partial charge in [0.25, 0.3) is 0 Å². The van der Waals surface area contributed by atoms with Crippen LogP contribution in [-0.2, 0) is 24.0 Å². The molecule has 12 nitrogen and oxygen atoms in total. The van der Waals surface area contributed by atoms with Gasteiger partial charge in [-0.25, -0.2) is 0 Å². The Hall–Kier alpha value is -2.73. The average Bonchev–Trinajstić information content (AvgIpc) is 2.34. The second kappa shape index (κ2) is 7.70. The van der Waals surface area contributed by atoms with Crippen LogP contribution >= 0.6 is 0 Å². The molecular weight excluding hydrogens is 332 g/mol. The molecule has 12 heteroatoms. The molecule has 0 saturated heterocycles. The monoisotopic (exact) mass is 350 g/mol. The molecule has 0 amide bonds. The number of rotatable bonds is 11. The number of hydrogen-bond donors (Lipinski definition) is 7. The van der Waals surface area contributed by atoms with Crippen molar-refractivity contribution < 1.29 is 49.5 Å². The van der Waals surface area contributed by atoms with Gasteiger partial charge < -0.3 is 37.0 Å². The van der Waals surface area contributed by atoms with E-state index in [9.17, 15) is 29.1 Å². The average molecular weight is 350 g/mol. The molecule has 0 aliphatic carbocycles. The van der Waals surface area contributed by atoms with Crippen LogP contribution in [-0.4, -0.2) is 67.0 Å². The summed E-state index contributed by atoms with van der Waals surface area (Å²) in [7, 11) is 0. The second-order valence-electron chi connectivity index (χ2n) is 5.35. The van der Waals surface area contributed by atoms with Gasteiger partial charge in [0.05, 0.1) is 25.7 Å². The van der Waals surface area contributed by atoms with Crippen LogP contribution in [0.15, 0.2) is 0 Å². The van der Waals surface area contributed by atoms with Gasteiger partial charge in [-0.05, 0) is 0 Å². The minimum absolute atomic E-state index is 1.01. The molecule has 2 unspecified atom stereocenters. The molecule has 0 aromatic carbocycles. The summed E-state index contributed by atoms with van der Waals surface area (Å²) in [6, 6.07) is -1.84. The minimum Gasteiger partial charge on any atom is -0.481 e. The van der Waals surface area contributed by atoms with Crippen LogP contribution in [0.1, 0.15) is 25.7 Å². The normalized spacial score (nSPS) is 15.1. The summed E-state index contributed by atoms with van der Waals surface area (Å²) in [4.78, 5) is 55.7. The van der Waals surface area contributed by atoms with E-state index >= 15 is 0 Å². The van der Waals surface area contributed by atoms with E-state index in [1.165, 1.54) is 0 Å². The molecule has 136 valence electrons. The number of aliphatic carboxylic acids is 5. The Morgan fingerprint density at radius 3 is 1.38 bits per heavy atom. The molecule has 0 aromatic heterocycles. The summed E-state index contributed by atoms with van der Waals surface area (Å²) in [6.07, 6.45) is -4.85. The number of hydrogen-bond acceptors (Lipinski definition) is 7. The molecule has 2 atom stereocenters. The van der Waals surface area contributed by atoms with Gasteiger partial charge in [0.15, 0.2) is 0 Å². The first-order valence-corrected chi connectivity index (χ1v) is 6.43. The van der Waals surface area contributed by atoms with Crippen LogP contribution in [0.25, 0.3) is 0 Å². The molecule has 0 aliphatic rings. The van der Waals surface area contributed by atoms with Crippen LogP contribution in [0.4, 0.5) is 0 Å². The zero-order valence-corrected chi connectivity index (χ0v) is 12.3. The van der Waals surface area contributed by atoms with Crippen LogP contribution in [0.3, 0.4) is 0 Å². The molecule has 0 fully saturated rings. The summed E-state index contributed by atoms with van der Waals surface area (Å²) in [5.74, 6) is -8.74. The lowest BCUT2D eigenvalue weighted by molar-refractivity contribution is -0.165. The van der Waals surface area contributed by atoms with Crippen molar-refractivity contribution in [2.75, 3.05) is 0 Å². The van der Waals surface area contributed by atoms with Crippen molar-refractivity contribution in [3.8, 4) is 0 Å². The smallest absolute Gasteiger partial charge is 0.324 e. The molecule has 0 radical (unpaired) electrons. The van der Waals surface area contributed by atoms with Gasteiger partial charge in [-0.2, -0.15) is 0 Å². The summed E-state index contributed by atoms with van der Waals surface area (Å²) in [5.41, 5.74) is 5.73. The van der Waals surface area contributed by atoms with Gasteiger partial charge in [-0.15, -0.1) is 0 Å². The highest BCUT2D eigenvalue weighted by atomic mass is 16.4. The molecule has 9 N–H and O–H groups in total. The first-order chi connectivity index (χ1) is 10.8. The molecular formula is C12H18N2O10. The lowest BCUT2D eigenvalue weighted by Crippen LogP contribution is -2.69. The van der Waals surface area contributed by atoms with Crippen molar-refractivity contribution in [3.05, 3.63) is 0 Å². The van der Waals surface area contributed by atoms with Crippen LogP contribution in [0.2, 0.25) is 0 Å². The summed E-state index contributed by atoms with van der Waals surface area (Å²) >= 11 is 0. The molecule has 0 aromatic rings. The number of nitrogens with two attached hydrogens (primary N) is 2. The van der Waals surface area contributed by atoms with Gasteiger partial charge in [-0.3, -0.25) is 24.0 Å². The molecule has 0 bridgehead atoms. The van der Waals surface area contributed by atoms with E-state index in [1.807, 2.05) is 0 Å². The number of carboxylic acids is 5. The zero-order valence-electron chi connectivity index (χ0n) is 12.3. The summed E-state index contributed by atoms with van der Waals surface area (Å²) in [6.45, 7) is 0. The SMILES string of the molecule is NC(CC(=O)O)C(CC(=O)O)(CC(=O)O)C(N)(CC(=O)O)C(=O)O. The van der Waals surface area contributed by atoms with Crippen molar-refractivity contribution in [1.29, 1.82) is 0 Å². The van der Waals surface area contributed by atoms with E-state index in [0.29, 0.717) is 0 Å². The molecule has 0 aliphatic heterocycles. The quantitative estimate of drug-likeness (QED) is 0.213. The maximum absolute atomic E-state index is 11.6. The van der Waals surface area contributed by atoms with Crippen molar-refractivity contribution in [2.45, 2.75) is 37.3 Å². The Labute approximate surface area is 134 Å². The highest BCUT2D eigenvalue weighted by Crippen LogP contribution is 2.43. The van der Waals surface area contributed by atoms with Gasteiger partial charge in [0, 0.05) is 11.5 Å². The molecule has 24 heavy (non-hydrogen) atoms. The Morgan fingerprint density at radius 2 is 1.12 bits per heavy atom. The highest BCUT2D eigenvalue weighted by Gasteiger charge is 2.60. The maximum atomic E-state index is 11.6. The van der Waals surface area contributed by atoms with E-state index < -0.39 is 72.5 Å². The van der Waals surface area contributed by atoms with Crippen molar-refractivity contribution >= 4 is 29.8 Å². The van der Waals surface area contributed by atoms with Crippen LogP contribution < -0.4 is 11.5 Å². The fraction of sp³-hybridized carbons (Fsp3) is 0.583. The predicted octanol–water partition coefficient (Wildman–Crippen LogP) is -2.02. The van der Waals surface area contributed by atoms with E-state index in [1.54, 1.807) is 0 Å². The Bertz CT molecular complexity index is 544. The van der Waals surface area contributed by atoms with Gasteiger partial charge >= 0.3 is 29.8 Å². The van der Waals surface area contributed by atoms with Crippen molar-refractivity contribution in [2.24, 2.45) is 16.9 Å². The second-order valence-corrected chi connectivity index (χ2v) is 5.35. The molecule has 0 heterocycles. The van der Waals surface area contributed by atoms with E-state index in [2.05, 4.69) is 0 Å². The first-order valence-electron chi connectivity index (χ1n) is 6.43. The third-order valence-corrected chi connectivity index (χ3v) is 3.74. The standard InChI is InChI=1S/C12H18N2O10/c13-5(1-6(15)16)11(2-7(17)18,3-8(19)20)12(14,10(23)24)4-9(21)22/h5H,1-4,13-14H2,(H,15,16)(H,17,18)(H,19,20)(H,21,22)(H,23,24). The Kier molecular flexibility index (Phi) is 6.82. The fourth-order valence-corrected chi connectivity index (χ4v) is 2.60. The van der Waals surface area contributed by atoms with Crippen molar-refractivity contribution in [1.82, 2.24) is 0 Å². The number of carboxylic acid groups (broad SMARTS) is 5. The van der Waals surface area contributed by atoms with Crippen LogP contribution in [0.5, 0.6) is 0 Å². The first kappa shape index (κ1) is 21.3. The lowest BCUT2D eigenvalue weighted by Gasteiger charge is -2.46.